The van der Waals surface area contributed by atoms with Crippen molar-refractivity contribution in [2.24, 2.45) is 5.92 Å². The van der Waals surface area contributed by atoms with E-state index in [1.54, 1.807) is 0 Å². The summed E-state index contributed by atoms with van der Waals surface area (Å²) in [6.45, 7) is 5.66. The molecule has 2 heteroatoms. The van der Waals surface area contributed by atoms with Gasteiger partial charge in [0, 0.05) is 5.56 Å². The van der Waals surface area contributed by atoms with Gasteiger partial charge in [0.1, 0.15) is 11.6 Å². The number of rotatable bonds is 4. The minimum atomic E-state index is -0.485. The van der Waals surface area contributed by atoms with Gasteiger partial charge in [-0.1, -0.05) is 32.4 Å². The average molecular weight is 264 g/mol. The van der Waals surface area contributed by atoms with E-state index in [2.05, 4.69) is 13.5 Å². The highest BCUT2D eigenvalue weighted by Crippen LogP contribution is 2.38. The van der Waals surface area contributed by atoms with Crippen LogP contribution < -0.4 is 0 Å². The van der Waals surface area contributed by atoms with Crippen LogP contribution in [0.3, 0.4) is 0 Å². The summed E-state index contributed by atoms with van der Waals surface area (Å²) in [5.41, 5.74) is 0.805. The number of hydrogen-bond donors (Lipinski definition) is 0. The first-order valence-corrected chi connectivity index (χ1v) is 7.27. The molecule has 0 heterocycles. The summed E-state index contributed by atoms with van der Waals surface area (Å²) < 4.78 is 27.5. The first kappa shape index (κ1) is 14.2. The van der Waals surface area contributed by atoms with Crippen molar-refractivity contribution in [2.45, 2.75) is 51.4 Å². The molecule has 2 rings (SSSR count). The molecule has 0 aromatic heterocycles. The number of hydrogen-bond acceptors (Lipinski definition) is 0. The summed E-state index contributed by atoms with van der Waals surface area (Å²) in [4.78, 5) is 0. The summed E-state index contributed by atoms with van der Waals surface area (Å²) in [5, 5.41) is 0. The largest absolute Gasteiger partial charge is 0.206 e. The fourth-order valence-electron chi connectivity index (χ4n) is 3.23. The smallest absolute Gasteiger partial charge is 0.133 e. The quantitative estimate of drug-likeness (QED) is 0.656. The molecule has 1 aliphatic carbocycles. The van der Waals surface area contributed by atoms with Crippen LogP contribution in [0, 0.1) is 17.6 Å². The topological polar surface area (TPSA) is 0 Å². The zero-order valence-electron chi connectivity index (χ0n) is 11.6. The van der Waals surface area contributed by atoms with Gasteiger partial charge in [-0.2, -0.15) is 0 Å². The predicted molar refractivity (Wildman–Crippen MR) is 76.1 cm³/mol. The Bertz CT molecular complexity index is 420. The molecule has 0 amide bonds. The molecule has 1 aliphatic rings. The van der Waals surface area contributed by atoms with E-state index < -0.39 is 11.6 Å². The van der Waals surface area contributed by atoms with Gasteiger partial charge in [-0.15, -0.1) is 0 Å². The molecule has 1 saturated carbocycles. The third kappa shape index (κ3) is 3.23. The molecule has 0 unspecified atom stereocenters. The number of halogens is 2. The van der Waals surface area contributed by atoms with E-state index in [1.807, 2.05) is 0 Å². The Labute approximate surface area is 114 Å². The lowest BCUT2D eigenvalue weighted by Gasteiger charge is -2.28. The van der Waals surface area contributed by atoms with Gasteiger partial charge in [-0.05, 0) is 55.2 Å². The molecule has 0 spiro atoms. The van der Waals surface area contributed by atoms with E-state index >= 15 is 0 Å². The Balaban J connectivity index is 2.09. The van der Waals surface area contributed by atoms with Crippen molar-refractivity contribution in [3.8, 4) is 0 Å². The van der Waals surface area contributed by atoms with Gasteiger partial charge in [0.25, 0.3) is 0 Å². The van der Waals surface area contributed by atoms with Crippen LogP contribution in [0.25, 0.3) is 6.08 Å². The van der Waals surface area contributed by atoms with Crippen molar-refractivity contribution in [3.05, 3.63) is 41.5 Å². The maximum absolute atomic E-state index is 13.8. The number of benzene rings is 1. The molecule has 0 atom stereocenters. The maximum Gasteiger partial charge on any atom is 0.133 e. The van der Waals surface area contributed by atoms with Crippen molar-refractivity contribution in [3.63, 3.8) is 0 Å². The molecule has 104 valence electrons. The summed E-state index contributed by atoms with van der Waals surface area (Å²) in [6, 6.07) is 2.98. The van der Waals surface area contributed by atoms with Crippen LogP contribution in [-0.4, -0.2) is 0 Å². The van der Waals surface area contributed by atoms with Gasteiger partial charge in [-0.3, -0.25) is 0 Å². The van der Waals surface area contributed by atoms with Crippen LogP contribution in [0.4, 0.5) is 8.78 Å². The molecule has 19 heavy (non-hydrogen) atoms. The molecule has 0 nitrogen and oxygen atoms in total. The monoisotopic (exact) mass is 264 g/mol. The van der Waals surface area contributed by atoms with Crippen LogP contribution in [0.15, 0.2) is 18.7 Å². The normalized spacial score (nSPS) is 23.3. The van der Waals surface area contributed by atoms with E-state index in [1.165, 1.54) is 43.9 Å². The SMILES string of the molecule is C=Cc1c(F)cc(C2CCC(CCC)CC2)cc1F. The minimum absolute atomic E-state index is 0.0107. The molecular weight excluding hydrogens is 242 g/mol. The van der Waals surface area contributed by atoms with Gasteiger partial charge < -0.3 is 0 Å². The first-order valence-electron chi connectivity index (χ1n) is 7.27. The van der Waals surface area contributed by atoms with Crippen molar-refractivity contribution in [2.75, 3.05) is 0 Å². The van der Waals surface area contributed by atoms with Gasteiger partial charge in [0.15, 0.2) is 0 Å². The standard InChI is InChI=1S/C17H22F2/c1-3-5-12-6-8-13(9-7-12)14-10-16(18)15(4-2)17(19)11-14/h4,10-13H,2-3,5-9H2,1H3. The third-order valence-corrected chi connectivity index (χ3v) is 4.32. The minimum Gasteiger partial charge on any atom is -0.206 e. The second-order valence-corrected chi connectivity index (χ2v) is 5.61. The second kappa shape index (κ2) is 6.31. The molecule has 0 saturated heterocycles. The maximum atomic E-state index is 13.8. The second-order valence-electron chi connectivity index (χ2n) is 5.61. The first-order chi connectivity index (χ1) is 9.15. The van der Waals surface area contributed by atoms with Crippen molar-refractivity contribution in [1.29, 1.82) is 0 Å². The van der Waals surface area contributed by atoms with Gasteiger partial charge in [0.2, 0.25) is 0 Å². The van der Waals surface area contributed by atoms with Crippen LogP contribution in [-0.2, 0) is 0 Å². The lowest BCUT2D eigenvalue weighted by atomic mass is 9.77. The Kier molecular flexibility index (Phi) is 4.73. The highest BCUT2D eigenvalue weighted by molar-refractivity contribution is 5.49. The van der Waals surface area contributed by atoms with Crippen LogP contribution in [0.1, 0.15) is 62.5 Å². The van der Waals surface area contributed by atoms with E-state index in [4.69, 9.17) is 0 Å². The van der Waals surface area contributed by atoms with E-state index in [-0.39, 0.29) is 5.56 Å². The van der Waals surface area contributed by atoms with E-state index in [9.17, 15) is 8.78 Å². The molecule has 1 fully saturated rings. The lowest BCUT2D eigenvalue weighted by Crippen LogP contribution is -2.13. The van der Waals surface area contributed by atoms with Crippen LogP contribution in [0.5, 0.6) is 0 Å². The van der Waals surface area contributed by atoms with Gasteiger partial charge in [0.05, 0.1) is 0 Å². The fourth-order valence-corrected chi connectivity index (χ4v) is 3.23. The summed E-state index contributed by atoms with van der Waals surface area (Å²) in [6.07, 6.45) is 8.23. The van der Waals surface area contributed by atoms with Crippen molar-refractivity contribution < 1.29 is 8.78 Å². The summed E-state index contributed by atoms with van der Waals surface area (Å²) in [7, 11) is 0. The van der Waals surface area contributed by atoms with Crippen molar-refractivity contribution in [1.82, 2.24) is 0 Å². The summed E-state index contributed by atoms with van der Waals surface area (Å²) >= 11 is 0. The van der Waals surface area contributed by atoms with Gasteiger partial charge in [-0.25, -0.2) is 8.78 Å². The third-order valence-electron chi connectivity index (χ3n) is 4.32. The highest BCUT2D eigenvalue weighted by atomic mass is 19.1. The highest BCUT2D eigenvalue weighted by Gasteiger charge is 2.23. The van der Waals surface area contributed by atoms with E-state index in [0.717, 1.165) is 24.3 Å². The molecular formula is C17H22F2. The zero-order chi connectivity index (χ0) is 13.8. The Morgan fingerprint density at radius 3 is 2.21 bits per heavy atom. The van der Waals surface area contributed by atoms with Crippen molar-refractivity contribution >= 4 is 6.08 Å². The molecule has 1 aromatic carbocycles. The Hall–Kier alpha value is -1.18. The Morgan fingerprint density at radius 2 is 1.74 bits per heavy atom. The van der Waals surface area contributed by atoms with E-state index in [0.29, 0.717) is 5.92 Å². The predicted octanol–water partition coefficient (Wildman–Crippen LogP) is 5.68. The Morgan fingerprint density at radius 1 is 1.16 bits per heavy atom. The average Bonchev–Trinajstić information content (AvgIpc) is 2.39. The lowest BCUT2D eigenvalue weighted by molar-refractivity contribution is 0.307. The molecule has 0 aliphatic heterocycles. The summed E-state index contributed by atoms with van der Waals surface area (Å²) in [5.74, 6) is 0.153. The molecule has 0 N–H and O–H groups in total. The van der Waals surface area contributed by atoms with Crippen LogP contribution >= 0.6 is 0 Å². The molecule has 1 aromatic rings. The molecule has 0 radical (unpaired) electrons. The fraction of sp³-hybridized carbons (Fsp3) is 0.529. The zero-order valence-corrected chi connectivity index (χ0v) is 11.6. The van der Waals surface area contributed by atoms with Gasteiger partial charge >= 0.3 is 0 Å². The molecule has 0 bridgehead atoms. The van der Waals surface area contributed by atoms with Crippen LogP contribution in [0.2, 0.25) is 0 Å².